The molecule has 0 aliphatic rings. The number of fused-ring (bicyclic) bond motifs is 1. The van der Waals surface area contributed by atoms with Crippen molar-refractivity contribution in [2.24, 2.45) is 0 Å². The number of alkyl halides is 1. The van der Waals surface area contributed by atoms with Gasteiger partial charge in [-0.15, -0.1) is 11.6 Å². The number of hydrogen-bond donors (Lipinski definition) is 2. The number of aromatic nitrogens is 4. The summed E-state index contributed by atoms with van der Waals surface area (Å²) in [7, 11) is 0. The summed E-state index contributed by atoms with van der Waals surface area (Å²) in [6.07, 6.45) is 1.40. The van der Waals surface area contributed by atoms with Gasteiger partial charge >= 0.3 is 0 Å². The fourth-order valence-electron chi connectivity index (χ4n) is 1.73. The largest absolute Gasteiger partial charge is 0.382 e. The lowest BCUT2D eigenvalue weighted by Crippen LogP contribution is -1.91. The molecule has 90 valence electrons. The molecule has 5 nitrogen and oxygen atoms in total. The lowest BCUT2D eigenvalue weighted by Gasteiger charge is -1.98. The first-order valence-electron chi connectivity index (χ1n) is 5.39. The molecule has 0 aliphatic heterocycles. The third-order valence-corrected chi connectivity index (χ3v) is 3.01. The number of H-pyrrole nitrogens is 1. The van der Waals surface area contributed by atoms with Crippen LogP contribution in [0.5, 0.6) is 0 Å². The van der Waals surface area contributed by atoms with Gasteiger partial charge in [-0.05, 0) is 5.56 Å². The molecule has 0 atom stereocenters. The normalized spacial score (nSPS) is 10.9. The van der Waals surface area contributed by atoms with Crippen LogP contribution in [-0.4, -0.2) is 19.9 Å². The number of benzene rings is 1. The summed E-state index contributed by atoms with van der Waals surface area (Å²) in [5.41, 5.74) is 9.01. The zero-order valence-electron chi connectivity index (χ0n) is 9.39. The van der Waals surface area contributed by atoms with E-state index in [1.54, 1.807) is 0 Å². The van der Waals surface area contributed by atoms with Crippen molar-refractivity contribution in [3.63, 3.8) is 0 Å². The first kappa shape index (κ1) is 11.0. The van der Waals surface area contributed by atoms with Crippen LogP contribution >= 0.6 is 11.6 Å². The fourth-order valence-corrected chi connectivity index (χ4v) is 1.91. The summed E-state index contributed by atoms with van der Waals surface area (Å²) < 4.78 is 0. The fraction of sp³-hybridized carbons (Fsp3) is 0.0833. The van der Waals surface area contributed by atoms with E-state index in [1.165, 1.54) is 6.33 Å². The summed E-state index contributed by atoms with van der Waals surface area (Å²) in [6, 6.07) is 7.84. The number of nitrogens with zero attached hydrogens (tertiary/aromatic N) is 3. The Kier molecular flexibility index (Phi) is 2.60. The second-order valence-electron chi connectivity index (χ2n) is 3.87. The summed E-state index contributed by atoms with van der Waals surface area (Å²) in [5.74, 6) is 1.62. The maximum Gasteiger partial charge on any atom is 0.183 e. The van der Waals surface area contributed by atoms with Gasteiger partial charge in [0.15, 0.2) is 11.5 Å². The Bertz CT molecular complexity index is 689. The number of imidazole rings is 1. The number of nitrogens with one attached hydrogen (secondary N) is 1. The van der Waals surface area contributed by atoms with Crippen LogP contribution in [0.15, 0.2) is 30.6 Å². The van der Waals surface area contributed by atoms with Gasteiger partial charge in [0.25, 0.3) is 0 Å². The number of halogens is 1. The van der Waals surface area contributed by atoms with Crippen molar-refractivity contribution in [1.82, 2.24) is 19.9 Å². The molecule has 0 spiro atoms. The highest BCUT2D eigenvalue weighted by atomic mass is 35.5. The van der Waals surface area contributed by atoms with Gasteiger partial charge in [0.05, 0.1) is 0 Å². The minimum atomic E-state index is 0.399. The standard InChI is InChI=1S/C12H10ClN5/c13-5-7-1-3-8(4-2-7)11-17-9-10(14)15-6-16-12(9)18-11/h1-4,6H,5H2,(H3,14,15,16,17,18). The zero-order valence-corrected chi connectivity index (χ0v) is 10.1. The van der Waals surface area contributed by atoms with Crippen molar-refractivity contribution in [2.45, 2.75) is 5.88 Å². The smallest absolute Gasteiger partial charge is 0.183 e. The summed E-state index contributed by atoms with van der Waals surface area (Å²) in [5, 5.41) is 0. The Morgan fingerprint density at radius 2 is 1.94 bits per heavy atom. The predicted octanol–water partition coefficient (Wildman–Crippen LogP) is 2.34. The number of aromatic amines is 1. The van der Waals surface area contributed by atoms with Crippen molar-refractivity contribution in [3.05, 3.63) is 36.2 Å². The molecular weight excluding hydrogens is 250 g/mol. The van der Waals surface area contributed by atoms with Crippen LogP contribution in [0.2, 0.25) is 0 Å². The molecule has 0 unspecified atom stereocenters. The van der Waals surface area contributed by atoms with E-state index < -0.39 is 0 Å². The maximum atomic E-state index is 5.75. The molecule has 0 aliphatic carbocycles. The zero-order chi connectivity index (χ0) is 12.5. The SMILES string of the molecule is Nc1ncnc2nc(-c3ccc(CCl)cc3)[nH]c12. The molecule has 0 saturated carbocycles. The quantitative estimate of drug-likeness (QED) is 0.692. The highest BCUT2D eigenvalue weighted by Gasteiger charge is 2.08. The van der Waals surface area contributed by atoms with Gasteiger partial charge in [0.2, 0.25) is 0 Å². The van der Waals surface area contributed by atoms with Crippen molar-refractivity contribution < 1.29 is 0 Å². The molecule has 0 radical (unpaired) electrons. The summed E-state index contributed by atoms with van der Waals surface area (Å²) >= 11 is 5.75. The van der Waals surface area contributed by atoms with E-state index in [1.807, 2.05) is 24.3 Å². The van der Waals surface area contributed by atoms with Gasteiger partial charge in [0, 0.05) is 11.4 Å². The number of rotatable bonds is 2. The molecule has 2 aromatic heterocycles. The van der Waals surface area contributed by atoms with Crippen molar-refractivity contribution >= 4 is 28.6 Å². The van der Waals surface area contributed by atoms with E-state index >= 15 is 0 Å². The molecule has 6 heteroatoms. The Morgan fingerprint density at radius 3 is 2.61 bits per heavy atom. The van der Waals surface area contributed by atoms with Crippen LogP contribution in [0.4, 0.5) is 5.82 Å². The number of anilines is 1. The monoisotopic (exact) mass is 259 g/mol. The van der Waals surface area contributed by atoms with Crippen LogP contribution < -0.4 is 5.73 Å². The van der Waals surface area contributed by atoms with Crippen molar-refractivity contribution in [2.75, 3.05) is 5.73 Å². The van der Waals surface area contributed by atoms with Crippen molar-refractivity contribution in [3.8, 4) is 11.4 Å². The van der Waals surface area contributed by atoms with E-state index in [2.05, 4.69) is 19.9 Å². The third-order valence-electron chi connectivity index (χ3n) is 2.70. The van der Waals surface area contributed by atoms with Gasteiger partial charge in [0.1, 0.15) is 17.7 Å². The maximum absolute atomic E-state index is 5.75. The Balaban J connectivity index is 2.10. The molecule has 1 aromatic carbocycles. The summed E-state index contributed by atoms with van der Waals surface area (Å²) in [6.45, 7) is 0. The second-order valence-corrected chi connectivity index (χ2v) is 4.14. The molecule has 0 amide bonds. The number of nitrogens with two attached hydrogens (primary N) is 1. The minimum absolute atomic E-state index is 0.399. The van der Waals surface area contributed by atoms with Gasteiger partial charge in [-0.2, -0.15) is 0 Å². The molecule has 0 fully saturated rings. The number of hydrogen-bond acceptors (Lipinski definition) is 4. The summed E-state index contributed by atoms with van der Waals surface area (Å²) in [4.78, 5) is 15.5. The first-order chi connectivity index (χ1) is 8.78. The van der Waals surface area contributed by atoms with Crippen molar-refractivity contribution in [1.29, 1.82) is 0 Å². The molecule has 18 heavy (non-hydrogen) atoms. The van der Waals surface area contributed by atoms with Crippen LogP contribution in [0.1, 0.15) is 5.56 Å². The predicted molar refractivity (Wildman–Crippen MR) is 71.1 cm³/mol. The molecule has 0 saturated heterocycles. The molecule has 0 bridgehead atoms. The van der Waals surface area contributed by atoms with Crippen LogP contribution in [0.3, 0.4) is 0 Å². The number of nitrogen functional groups attached to an aromatic ring is 1. The highest BCUT2D eigenvalue weighted by Crippen LogP contribution is 2.22. The highest BCUT2D eigenvalue weighted by molar-refractivity contribution is 6.17. The van der Waals surface area contributed by atoms with Crippen LogP contribution in [-0.2, 0) is 5.88 Å². The van der Waals surface area contributed by atoms with E-state index in [0.29, 0.717) is 22.9 Å². The Morgan fingerprint density at radius 1 is 1.17 bits per heavy atom. The average molecular weight is 260 g/mol. The molecule has 3 N–H and O–H groups in total. The molecular formula is C12H10ClN5. The van der Waals surface area contributed by atoms with E-state index in [0.717, 1.165) is 17.0 Å². The molecule has 3 rings (SSSR count). The van der Waals surface area contributed by atoms with E-state index in [9.17, 15) is 0 Å². The van der Waals surface area contributed by atoms with Gasteiger partial charge in [-0.1, -0.05) is 24.3 Å². The van der Waals surface area contributed by atoms with Gasteiger partial charge in [-0.25, -0.2) is 15.0 Å². The minimum Gasteiger partial charge on any atom is -0.382 e. The second kappa shape index (κ2) is 4.27. The average Bonchev–Trinajstić information content (AvgIpc) is 2.84. The van der Waals surface area contributed by atoms with Gasteiger partial charge in [-0.3, -0.25) is 0 Å². The molecule has 2 heterocycles. The van der Waals surface area contributed by atoms with E-state index in [4.69, 9.17) is 17.3 Å². The van der Waals surface area contributed by atoms with E-state index in [-0.39, 0.29) is 0 Å². The van der Waals surface area contributed by atoms with Crippen LogP contribution in [0.25, 0.3) is 22.6 Å². The molecule has 3 aromatic rings. The van der Waals surface area contributed by atoms with Gasteiger partial charge < -0.3 is 10.7 Å². The first-order valence-corrected chi connectivity index (χ1v) is 5.93. The Hall–Kier alpha value is -2.14. The topological polar surface area (TPSA) is 80.5 Å². The lowest BCUT2D eigenvalue weighted by molar-refractivity contribution is 1.21. The Labute approximate surface area is 108 Å². The lowest BCUT2D eigenvalue weighted by atomic mass is 10.1. The third kappa shape index (κ3) is 1.78. The van der Waals surface area contributed by atoms with Crippen LogP contribution in [0, 0.1) is 0 Å².